The number of carbonyl (C=O) groups is 2. The maximum atomic E-state index is 12.7. The number of ether oxygens (including phenoxy) is 1. The van der Waals surface area contributed by atoms with E-state index in [2.05, 4.69) is 0 Å². The highest BCUT2D eigenvalue weighted by Gasteiger charge is 2.36. The van der Waals surface area contributed by atoms with Gasteiger partial charge in [0.25, 0.3) is 5.91 Å². The number of nitrogens with zero attached hydrogens (tertiary/aromatic N) is 1. The topological polar surface area (TPSA) is 66.8 Å². The summed E-state index contributed by atoms with van der Waals surface area (Å²) in [6, 6.07) is 6.39. The first kappa shape index (κ1) is 14.1. The van der Waals surface area contributed by atoms with Crippen LogP contribution in [0.15, 0.2) is 24.3 Å². The van der Waals surface area contributed by atoms with Gasteiger partial charge in [-0.2, -0.15) is 0 Å². The molecule has 112 valence electrons. The van der Waals surface area contributed by atoms with Crippen LogP contribution in [0.4, 0.5) is 0 Å². The summed E-state index contributed by atoms with van der Waals surface area (Å²) in [5, 5.41) is 9.04. The molecular weight excluding hydrogens is 270 g/mol. The van der Waals surface area contributed by atoms with E-state index in [9.17, 15) is 9.59 Å². The SMILES string of the molecule is O=C(O)c1cccc(C(=O)N2CCO[C@H]3CCCC[C@H]32)c1. The van der Waals surface area contributed by atoms with Crippen molar-refractivity contribution in [2.45, 2.75) is 37.8 Å². The molecule has 0 unspecified atom stereocenters. The van der Waals surface area contributed by atoms with Crippen molar-refractivity contribution in [1.29, 1.82) is 0 Å². The van der Waals surface area contributed by atoms with Crippen molar-refractivity contribution in [3.8, 4) is 0 Å². The van der Waals surface area contributed by atoms with Crippen LogP contribution in [0.2, 0.25) is 0 Å². The zero-order valence-electron chi connectivity index (χ0n) is 11.8. The summed E-state index contributed by atoms with van der Waals surface area (Å²) in [5.74, 6) is -1.10. The molecule has 1 saturated heterocycles. The van der Waals surface area contributed by atoms with Crippen molar-refractivity contribution >= 4 is 11.9 Å². The van der Waals surface area contributed by atoms with Crippen LogP contribution in [0.3, 0.4) is 0 Å². The van der Waals surface area contributed by atoms with Crippen LogP contribution < -0.4 is 0 Å². The van der Waals surface area contributed by atoms with Crippen molar-refractivity contribution in [1.82, 2.24) is 4.90 Å². The van der Waals surface area contributed by atoms with Crippen molar-refractivity contribution < 1.29 is 19.4 Å². The van der Waals surface area contributed by atoms with Crippen LogP contribution in [0, 0.1) is 0 Å². The average Bonchev–Trinajstić information content (AvgIpc) is 2.53. The van der Waals surface area contributed by atoms with Gasteiger partial charge in [0, 0.05) is 12.1 Å². The lowest BCUT2D eigenvalue weighted by Gasteiger charge is -2.43. The zero-order valence-corrected chi connectivity index (χ0v) is 11.8. The number of morpholine rings is 1. The molecule has 5 heteroatoms. The molecule has 0 spiro atoms. The lowest BCUT2D eigenvalue weighted by Crippen LogP contribution is -2.54. The Kier molecular flexibility index (Phi) is 3.92. The number of hydrogen-bond donors (Lipinski definition) is 1. The van der Waals surface area contributed by atoms with Gasteiger partial charge in [-0.3, -0.25) is 4.79 Å². The predicted molar refractivity (Wildman–Crippen MR) is 76.4 cm³/mol. The fourth-order valence-electron chi connectivity index (χ4n) is 3.30. The van der Waals surface area contributed by atoms with Gasteiger partial charge in [0.1, 0.15) is 0 Å². The molecule has 0 radical (unpaired) electrons. The average molecular weight is 289 g/mol. The number of benzene rings is 1. The van der Waals surface area contributed by atoms with E-state index in [-0.39, 0.29) is 23.6 Å². The van der Waals surface area contributed by atoms with E-state index in [4.69, 9.17) is 9.84 Å². The fraction of sp³-hybridized carbons (Fsp3) is 0.500. The maximum absolute atomic E-state index is 12.7. The molecular formula is C16H19NO4. The first-order valence-corrected chi connectivity index (χ1v) is 7.43. The minimum atomic E-state index is -1.01. The fourth-order valence-corrected chi connectivity index (χ4v) is 3.30. The third kappa shape index (κ3) is 2.78. The normalized spacial score (nSPS) is 25.2. The highest BCUT2D eigenvalue weighted by molar-refractivity contribution is 5.97. The molecule has 1 aromatic carbocycles. The number of rotatable bonds is 2. The lowest BCUT2D eigenvalue weighted by atomic mass is 9.89. The van der Waals surface area contributed by atoms with E-state index in [0.29, 0.717) is 18.7 Å². The van der Waals surface area contributed by atoms with Gasteiger partial charge in [0.15, 0.2) is 0 Å². The Balaban J connectivity index is 1.83. The smallest absolute Gasteiger partial charge is 0.335 e. The summed E-state index contributed by atoms with van der Waals surface area (Å²) in [4.78, 5) is 25.6. The number of hydrogen-bond acceptors (Lipinski definition) is 3. The van der Waals surface area contributed by atoms with Crippen LogP contribution in [-0.2, 0) is 4.74 Å². The minimum Gasteiger partial charge on any atom is -0.478 e. The Morgan fingerprint density at radius 1 is 1.19 bits per heavy atom. The van der Waals surface area contributed by atoms with Crippen molar-refractivity contribution in [2.24, 2.45) is 0 Å². The molecule has 0 aromatic heterocycles. The maximum Gasteiger partial charge on any atom is 0.335 e. The quantitative estimate of drug-likeness (QED) is 0.906. The molecule has 1 heterocycles. The van der Waals surface area contributed by atoms with Gasteiger partial charge in [-0.15, -0.1) is 0 Å². The van der Waals surface area contributed by atoms with Gasteiger partial charge in [-0.25, -0.2) is 4.79 Å². The van der Waals surface area contributed by atoms with E-state index in [1.165, 1.54) is 12.1 Å². The van der Waals surface area contributed by atoms with Gasteiger partial charge in [0.05, 0.1) is 24.3 Å². The summed E-state index contributed by atoms with van der Waals surface area (Å²) in [7, 11) is 0. The van der Waals surface area contributed by atoms with Crippen molar-refractivity contribution in [3.63, 3.8) is 0 Å². The number of aromatic carboxylic acids is 1. The van der Waals surface area contributed by atoms with Gasteiger partial charge in [0.2, 0.25) is 0 Å². The molecule has 1 aromatic rings. The standard InChI is InChI=1S/C16H19NO4/c18-15(11-4-3-5-12(10-11)16(19)20)17-8-9-21-14-7-2-1-6-13(14)17/h3-5,10,13-14H,1-2,6-9H2,(H,19,20)/t13-,14+/m1/s1. The molecule has 1 saturated carbocycles. The van der Waals surface area contributed by atoms with E-state index in [1.807, 2.05) is 4.90 Å². The molecule has 1 N–H and O–H groups in total. The van der Waals surface area contributed by atoms with Gasteiger partial charge >= 0.3 is 5.97 Å². The summed E-state index contributed by atoms with van der Waals surface area (Å²) in [6.45, 7) is 1.14. The van der Waals surface area contributed by atoms with Crippen LogP contribution in [0.1, 0.15) is 46.4 Å². The monoisotopic (exact) mass is 289 g/mol. The van der Waals surface area contributed by atoms with E-state index < -0.39 is 5.97 Å². The first-order valence-electron chi connectivity index (χ1n) is 7.43. The molecule has 5 nitrogen and oxygen atoms in total. The second-order valence-corrected chi connectivity index (χ2v) is 5.65. The van der Waals surface area contributed by atoms with Crippen LogP contribution in [0.25, 0.3) is 0 Å². The molecule has 1 aliphatic heterocycles. The van der Waals surface area contributed by atoms with Crippen LogP contribution >= 0.6 is 0 Å². The Bertz CT molecular complexity index is 555. The molecule has 2 fully saturated rings. The third-order valence-corrected chi connectivity index (χ3v) is 4.35. The number of carbonyl (C=O) groups excluding carboxylic acids is 1. The highest BCUT2D eigenvalue weighted by atomic mass is 16.5. The summed E-state index contributed by atoms with van der Waals surface area (Å²) in [6.07, 6.45) is 4.37. The summed E-state index contributed by atoms with van der Waals surface area (Å²) >= 11 is 0. The van der Waals surface area contributed by atoms with Gasteiger partial charge < -0.3 is 14.7 Å². The van der Waals surface area contributed by atoms with Gasteiger partial charge in [-0.1, -0.05) is 18.9 Å². The molecule has 0 bridgehead atoms. The summed E-state index contributed by atoms with van der Waals surface area (Å²) in [5.41, 5.74) is 0.593. The molecule has 21 heavy (non-hydrogen) atoms. The van der Waals surface area contributed by atoms with Gasteiger partial charge in [-0.05, 0) is 31.0 Å². The van der Waals surface area contributed by atoms with Crippen LogP contribution in [-0.4, -0.2) is 47.2 Å². The number of fused-ring (bicyclic) bond motifs is 1. The number of amides is 1. The molecule has 1 amide bonds. The largest absolute Gasteiger partial charge is 0.478 e. The van der Waals surface area contributed by atoms with Crippen molar-refractivity contribution in [2.75, 3.05) is 13.2 Å². The Morgan fingerprint density at radius 2 is 1.95 bits per heavy atom. The lowest BCUT2D eigenvalue weighted by molar-refractivity contribution is -0.0752. The zero-order chi connectivity index (χ0) is 14.8. The second-order valence-electron chi connectivity index (χ2n) is 5.65. The van der Waals surface area contributed by atoms with E-state index in [1.54, 1.807) is 12.1 Å². The Morgan fingerprint density at radius 3 is 2.76 bits per heavy atom. The Hall–Kier alpha value is -1.88. The van der Waals surface area contributed by atoms with E-state index in [0.717, 1.165) is 25.7 Å². The third-order valence-electron chi connectivity index (χ3n) is 4.35. The second kappa shape index (κ2) is 5.85. The van der Waals surface area contributed by atoms with Crippen molar-refractivity contribution in [3.05, 3.63) is 35.4 Å². The number of carboxylic acids is 1. The molecule has 2 atom stereocenters. The molecule has 1 aliphatic carbocycles. The minimum absolute atomic E-state index is 0.0849. The molecule has 2 aliphatic rings. The number of carboxylic acid groups (broad SMARTS) is 1. The van der Waals surface area contributed by atoms with E-state index >= 15 is 0 Å². The van der Waals surface area contributed by atoms with Crippen LogP contribution in [0.5, 0.6) is 0 Å². The summed E-state index contributed by atoms with van der Waals surface area (Å²) < 4.78 is 5.77. The first-order chi connectivity index (χ1) is 10.2. The Labute approximate surface area is 123 Å². The highest BCUT2D eigenvalue weighted by Crippen LogP contribution is 2.29. The molecule has 3 rings (SSSR count). The predicted octanol–water partition coefficient (Wildman–Crippen LogP) is 2.17.